The van der Waals surface area contributed by atoms with Crippen molar-refractivity contribution in [3.63, 3.8) is 0 Å². The summed E-state index contributed by atoms with van der Waals surface area (Å²) in [4.78, 5) is 4.28. The molecule has 18 heavy (non-hydrogen) atoms. The van der Waals surface area contributed by atoms with E-state index in [0.717, 1.165) is 17.9 Å². The van der Waals surface area contributed by atoms with Gasteiger partial charge in [0.2, 0.25) is 0 Å². The van der Waals surface area contributed by atoms with Crippen LogP contribution in [0.5, 0.6) is 0 Å². The molecule has 0 radical (unpaired) electrons. The highest BCUT2D eigenvalue weighted by molar-refractivity contribution is 9.10. The molecule has 0 bridgehead atoms. The summed E-state index contributed by atoms with van der Waals surface area (Å²) in [5, 5.41) is 3.57. The Morgan fingerprint density at radius 2 is 2.11 bits per heavy atom. The zero-order chi connectivity index (χ0) is 13.3. The number of anilines is 1. The number of halogens is 4. The molecule has 0 amide bonds. The van der Waals surface area contributed by atoms with E-state index in [1.54, 1.807) is 6.07 Å². The van der Waals surface area contributed by atoms with Crippen LogP contribution in [-0.2, 0) is 6.18 Å². The number of thioether (sulfide) groups is 1. The lowest BCUT2D eigenvalue weighted by Gasteiger charge is -2.11. The van der Waals surface area contributed by atoms with E-state index in [9.17, 15) is 13.2 Å². The molecule has 1 aromatic rings. The van der Waals surface area contributed by atoms with Gasteiger partial charge in [-0.25, -0.2) is 0 Å². The number of rotatable bonds is 1. The standard InChI is InChI=1S/C11H10BrF3N2S/c1-6-5-18-10(16-6)17-9-3-7(11(13,14)15)2-8(12)4-9/h2-4,6H,5H2,1H3,(H,16,17). The lowest BCUT2D eigenvalue weighted by Crippen LogP contribution is -2.09. The van der Waals surface area contributed by atoms with E-state index in [-0.39, 0.29) is 6.04 Å². The molecule has 2 rings (SSSR count). The van der Waals surface area contributed by atoms with Gasteiger partial charge in [-0.2, -0.15) is 13.2 Å². The van der Waals surface area contributed by atoms with Gasteiger partial charge in [0, 0.05) is 15.9 Å². The Kier molecular flexibility index (Phi) is 3.91. The molecular formula is C11H10BrF3N2S. The van der Waals surface area contributed by atoms with Crippen LogP contribution in [0.25, 0.3) is 0 Å². The molecule has 0 spiro atoms. The lowest BCUT2D eigenvalue weighted by molar-refractivity contribution is -0.137. The van der Waals surface area contributed by atoms with E-state index in [4.69, 9.17) is 0 Å². The zero-order valence-corrected chi connectivity index (χ0v) is 11.8. The first-order valence-corrected chi connectivity index (χ1v) is 6.98. The second kappa shape index (κ2) is 5.13. The maximum absolute atomic E-state index is 12.6. The molecule has 2 nitrogen and oxygen atoms in total. The monoisotopic (exact) mass is 338 g/mol. The quantitative estimate of drug-likeness (QED) is 0.822. The second-order valence-corrected chi connectivity index (χ2v) is 5.87. The Labute approximate surface area is 115 Å². The fourth-order valence-electron chi connectivity index (χ4n) is 1.49. The molecule has 1 atom stereocenters. The minimum atomic E-state index is -4.35. The fraction of sp³-hybridized carbons (Fsp3) is 0.364. The van der Waals surface area contributed by atoms with Gasteiger partial charge in [0.1, 0.15) is 0 Å². The molecule has 7 heteroatoms. The number of hydrogen-bond donors (Lipinski definition) is 1. The van der Waals surface area contributed by atoms with E-state index in [1.165, 1.54) is 11.8 Å². The molecule has 0 saturated carbocycles. The van der Waals surface area contributed by atoms with Crippen LogP contribution < -0.4 is 5.32 Å². The molecule has 0 saturated heterocycles. The molecule has 1 aliphatic rings. The fourth-order valence-corrected chi connectivity index (χ4v) is 2.90. The van der Waals surface area contributed by atoms with E-state index in [2.05, 4.69) is 26.2 Å². The summed E-state index contributed by atoms with van der Waals surface area (Å²) >= 11 is 4.59. The van der Waals surface area contributed by atoms with Crippen LogP contribution in [0.4, 0.5) is 18.9 Å². The van der Waals surface area contributed by atoms with Crippen molar-refractivity contribution in [3.8, 4) is 0 Å². The van der Waals surface area contributed by atoms with Gasteiger partial charge in [0.25, 0.3) is 0 Å². The number of nitrogens with one attached hydrogen (secondary N) is 1. The summed E-state index contributed by atoms with van der Waals surface area (Å²) in [6.45, 7) is 1.96. The van der Waals surface area contributed by atoms with Crippen LogP contribution in [0.15, 0.2) is 27.7 Å². The molecule has 0 aromatic heterocycles. The molecule has 1 N–H and O–H groups in total. The van der Waals surface area contributed by atoms with Crippen molar-refractivity contribution in [2.45, 2.75) is 19.1 Å². The van der Waals surface area contributed by atoms with Crippen molar-refractivity contribution in [1.29, 1.82) is 0 Å². The van der Waals surface area contributed by atoms with Gasteiger partial charge in [-0.05, 0) is 25.1 Å². The van der Waals surface area contributed by atoms with Crippen molar-refractivity contribution in [2.24, 2.45) is 4.99 Å². The van der Waals surface area contributed by atoms with Crippen LogP contribution in [0, 0.1) is 0 Å². The molecule has 1 aliphatic heterocycles. The third-order valence-electron chi connectivity index (χ3n) is 2.28. The van der Waals surface area contributed by atoms with Crippen molar-refractivity contribution in [2.75, 3.05) is 11.1 Å². The number of benzene rings is 1. The predicted molar refractivity (Wildman–Crippen MR) is 72.1 cm³/mol. The smallest absolute Gasteiger partial charge is 0.335 e. The average molecular weight is 339 g/mol. The number of nitrogens with zero attached hydrogens (tertiary/aromatic N) is 1. The Bertz CT molecular complexity index is 488. The van der Waals surface area contributed by atoms with Gasteiger partial charge in [-0.1, -0.05) is 27.7 Å². The molecule has 0 aliphatic carbocycles. The third-order valence-corrected chi connectivity index (χ3v) is 3.86. The first kappa shape index (κ1) is 13.7. The Balaban J connectivity index is 2.23. The summed E-state index contributed by atoms with van der Waals surface area (Å²) in [6.07, 6.45) is -4.35. The van der Waals surface area contributed by atoms with Gasteiger partial charge in [0.05, 0.1) is 11.6 Å². The van der Waals surface area contributed by atoms with E-state index in [1.807, 2.05) is 6.92 Å². The minimum Gasteiger partial charge on any atom is -0.335 e. The Morgan fingerprint density at radius 1 is 1.39 bits per heavy atom. The van der Waals surface area contributed by atoms with E-state index in [0.29, 0.717) is 15.3 Å². The van der Waals surface area contributed by atoms with Gasteiger partial charge >= 0.3 is 6.18 Å². The van der Waals surface area contributed by atoms with E-state index < -0.39 is 11.7 Å². The number of amidine groups is 1. The molecule has 1 unspecified atom stereocenters. The second-order valence-electron chi connectivity index (χ2n) is 3.95. The number of hydrogen-bond acceptors (Lipinski definition) is 3. The summed E-state index contributed by atoms with van der Waals surface area (Å²) in [6, 6.07) is 3.93. The van der Waals surface area contributed by atoms with Gasteiger partial charge < -0.3 is 5.32 Å². The van der Waals surface area contributed by atoms with Crippen LogP contribution in [-0.4, -0.2) is 17.0 Å². The predicted octanol–water partition coefficient (Wildman–Crippen LogP) is 4.37. The van der Waals surface area contributed by atoms with Gasteiger partial charge in [-0.3, -0.25) is 4.99 Å². The largest absolute Gasteiger partial charge is 0.416 e. The lowest BCUT2D eigenvalue weighted by atomic mass is 10.2. The number of alkyl halides is 3. The van der Waals surface area contributed by atoms with Crippen LogP contribution in [0.2, 0.25) is 0 Å². The number of aliphatic imine (C=N–C) groups is 1. The molecule has 1 aromatic carbocycles. The summed E-state index contributed by atoms with van der Waals surface area (Å²) < 4.78 is 38.3. The normalized spacial score (nSPS) is 19.8. The van der Waals surface area contributed by atoms with Crippen molar-refractivity contribution in [3.05, 3.63) is 28.2 Å². The SMILES string of the molecule is CC1CSC(Nc2cc(Br)cc(C(F)(F)F)c2)=N1. The van der Waals surface area contributed by atoms with Gasteiger partial charge in [-0.15, -0.1) is 0 Å². The third kappa shape index (κ3) is 3.41. The maximum atomic E-state index is 12.6. The van der Waals surface area contributed by atoms with Crippen LogP contribution >= 0.6 is 27.7 Å². The first-order chi connectivity index (χ1) is 8.34. The summed E-state index contributed by atoms with van der Waals surface area (Å²) in [7, 11) is 0. The molecule has 98 valence electrons. The highest BCUT2D eigenvalue weighted by atomic mass is 79.9. The van der Waals surface area contributed by atoms with Crippen molar-refractivity contribution >= 4 is 38.5 Å². The molecular weight excluding hydrogens is 329 g/mol. The molecule has 1 heterocycles. The maximum Gasteiger partial charge on any atom is 0.416 e. The van der Waals surface area contributed by atoms with Crippen molar-refractivity contribution < 1.29 is 13.2 Å². The summed E-state index contributed by atoms with van der Waals surface area (Å²) in [5.74, 6) is 0.850. The highest BCUT2D eigenvalue weighted by Gasteiger charge is 2.31. The van der Waals surface area contributed by atoms with Gasteiger partial charge in [0.15, 0.2) is 5.17 Å². The first-order valence-electron chi connectivity index (χ1n) is 5.20. The highest BCUT2D eigenvalue weighted by Crippen LogP contribution is 2.33. The summed E-state index contributed by atoms with van der Waals surface area (Å²) in [5.41, 5.74) is -0.298. The topological polar surface area (TPSA) is 24.4 Å². The Hall–Kier alpha value is -0.690. The van der Waals surface area contributed by atoms with Crippen molar-refractivity contribution in [1.82, 2.24) is 0 Å². The van der Waals surface area contributed by atoms with Crippen LogP contribution in [0.3, 0.4) is 0 Å². The Morgan fingerprint density at radius 3 is 2.67 bits per heavy atom. The zero-order valence-electron chi connectivity index (χ0n) is 9.38. The van der Waals surface area contributed by atoms with Crippen LogP contribution in [0.1, 0.15) is 12.5 Å². The minimum absolute atomic E-state index is 0.201. The van der Waals surface area contributed by atoms with E-state index >= 15 is 0 Å². The average Bonchev–Trinajstić information content (AvgIpc) is 2.61. The molecule has 0 fully saturated rings.